The zero-order valence-corrected chi connectivity index (χ0v) is 18.4. The van der Waals surface area contributed by atoms with Crippen LogP contribution in [0.1, 0.15) is 75.0 Å². The van der Waals surface area contributed by atoms with Crippen molar-refractivity contribution in [1.29, 1.82) is 0 Å². The minimum Gasteiger partial charge on any atom is -0.344 e. The van der Waals surface area contributed by atoms with E-state index in [2.05, 4.69) is 31.1 Å². The second-order valence-electron chi connectivity index (χ2n) is 9.09. The van der Waals surface area contributed by atoms with Gasteiger partial charge in [-0.15, -0.1) is 0 Å². The molecule has 1 aromatic carbocycles. The summed E-state index contributed by atoms with van der Waals surface area (Å²) in [5.74, 6) is 1.92. The number of ketones is 1. The highest BCUT2D eigenvalue weighted by Crippen LogP contribution is 2.39. The molecule has 4 atom stereocenters. The molecule has 2 aromatic rings. The molecule has 1 fully saturated rings. The Labute approximate surface area is 180 Å². The van der Waals surface area contributed by atoms with Crippen molar-refractivity contribution in [2.75, 3.05) is 0 Å². The van der Waals surface area contributed by atoms with E-state index in [0.29, 0.717) is 42.1 Å². The minimum absolute atomic E-state index is 0.150. The van der Waals surface area contributed by atoms with Crippen molar-refractivity contribution in [3.05, 3.63) is 66.0 Å². The molecule has 1 aliphatic carbocycles. The first kappa shape index (κ1) is 22.2. The van der Waals surface area contributed by atoms with Gasteiger partial charge in [-0.25, -0.2) is 0 Å². The maximum atomic E-state index is 13.2. The van der Waals surface area contributed by atoms with Crippen molar-refractivity contribution >= 4 is 11.7 Å². The van der Waals surface area contributed by atoms with Crippen molar-refractivity contribution in [2.45, 2.75) is 58.9 Å². The number of nitrogens with zero attached hydrogens (tertiary/aromatic N) is 1. The van der Waals surface area contributed by atoms with Gasteiger partial charge in [-0.2, -0.15) is 0 Å². The van der Waals surface area contributed by atoms with Crippen LogP contribution in [0, 0.1) is 23.7 Å². The van der Waals surface area contributed by atoms with E-state index in [4.69, 9.17) is 0 Å². The van der Waals surface area contributed by atoms with E-state index in [9.17, 15) is 9.59 Å². The number of aromatic nitrogens is 1. The first-order chi connectivity index (χ1) is 14.5. The Morgan fingerprint density at radius 1 is 1.07 bits per heavy atom. The van der Waals surface area contributed by atoms with Crippen molar-refractivity contribution < 1.29 is 9.59 Å². The summed E-state index contributed by atoms with van der Waals surface area (Å²) < 4.78 is 0. The smallest absolute Gasteiger partial charge is 0.270 e. The zero-order valence-electron chi connectivity index (χ0n) is 18.4. The SMILES string of the molecule is CC(C)[C@@H]1CC[C@@H](C)C[C@H]1C(=O)CC[C@@H](NC(=O)c1ccccn1)c1ccccc1. The lowest BCUT2D eigenvalue weighted by atomic mass is 9.68. The molecular weight excluding hydrogens is 372 g/mol. The van der Waals surface area contributed by atoms with Gasteiger partial charge in [0.1, 0.15) is 11.5 Å². The van der Waals surface area contributed by atoms with Gasteiger partial charge in [0.25, 0.3) is 5.91 Å². The molecule has 1 amide bonds. The highest BCUT2D eigenvalue weighted by molar-refractivity contribution is 5.92. The van der Waals surface area contributed by atoms with Crippen LogP contribution >= 0.6 is 0 Å². The van der Waals surface area contributed by atoms with Crippen LogP contribution in [0.4, 0.5) is 0 Å². The van der Waals surface area contributed by atoms with Gasteiger partial charge in [0.05, 0.1) is 6.04 Å². The van der Waals surface area contributed by atoms with Gasteiger partial charge in [0, 0.05) is 18.5 Å². The minimum atomic E-state index is -0.205. The van der Waals surface area contributed by atoms with Crippen molar-refractivity contribution in [1.82, 2.24) is 10.3 Å². The normalized spacial score (nSPS) is 22.5. The van der Waals surface area contributed by atoms with Crippen molar-refractivity contribution in [3.63, 3.8) is 0 Å². The summed E-state index contributed by atoms with van der Waals surface area (Å²) in [5.41, 5.74) is 1.41. The summed E-state index contributed by atoms with van der Waals surface area (Å²) in [6, 6.07) is 15.0. The molecule has 3 rings (SSSR count). The highest BCUT2D eigenvalue weighted by atomic mass is 16.2. The molecule has 1 saturated carbocycles. The fourth-order valence-electron chi connectivity index (χ4n) is 4.78. The summed E-state index contributed by atoms with van der Waals surface area (Å²) in [4.78, 5) is 30.1. The van der Waals surface area contributed by atoms with E-state index in [1.165, 1.54) is 6.42 Å². The van der Waals surface area contributed by atoms with E-state index in [0.717, 1.165) is 18.4 Å². The Morgan fingerprint density at radius 3 is 2.47 bits per heavy atom. The molecule has 0 aliphatic heterocycles. The summed E-state index contributed by atoms with van der Waals surface area (Å²) >= 11 is 0. The van der Waals surface area contributed by atoms with Crippen LogP contribution in [0.15, 0.2) is 54.7 Å². The fraction of sp³-hybridized carbons (Fsp3) is 0.500. The van der Waals surface area contributed by atoms with Gasteiger partial charge in [0.15, 0.2) is 0 Å². The lowest BCUT2D eigenvalue weighted by Crippen LogP contribution is -2.34. The molecule has 0 bridgehead atoms. The molecule has 1 N–H and O–H groups in total. The third kappa shape index (κ3) is 5.78. The average molecular weight is 407 g/mol. The maximum Gasteiger partial charge on any atom is 0.270 e. The van der Waals surface area contributed by atoms with Gasteiger partial charge in [-0.1, -0.05) is 63.6 Å². The first-order valence-electron chi connectivity index (χ1n) is 11.2. The lowest BCUT2D eigenvalue weighted by Gasteiger charge is -2.36. The van der Waals surface area contributed by atoms with Crippen LogP contribution in [-0.2, 0) is 4.79 Å². The summed E-state index contributed by atoms with van der Waals surface area (Å²) in [6.07, 6.45) is 6.08. The van der Waals surface area contributed by atoms with E-state index in [1.54, 1.807) is 24.4 Å². The maximum absolute atomic E-state index is 13.2. The Balaban J connectivity index is 1.70. The average Bonchev–Trinajstić information content (AvgIpc) is 2.77. The quantitative estimate of drug-likeness (QED) is 0.620. The predicted molar refractivity (Wildman–Crippen MR) is 120 cm³/mol. The van der Waals surface area contributed by atoms with Crippen molar-refractivity contribution in [3.8, 4) is 0 Å². The molecule has 30 heavy (non-hydrogen) atoms. The number of benzene rings is 1. The molecule has 160 valence electrons. The molecule has 1 heterocycles. The molecular formula is C26H34N2O2. The summed E-state index contributed by atoms with van der Waals surface area (Å²) in [6.45, 7) is 6.73. The number of pyridine rings is 1. The Bertz CT molecular complexity index is 819. The van der Waals surface area contributed by atoms with Gasteiger partial charge in [-0.3, -0.25) is 14.6 Å². The third-order valence-electron chi connectivity index (χ3n) is 6.52. The van der Waals surface area contributed by atoms with E-state index < -0.39 is 0 Å². The molecule has 1 aliphatic rings. The number of nitrogens with one attached hydrogen (secondary N) is 1. The molecule has 1 aromatic heterocycles. The van der Waals surface area contributed by atoms with Gasteiger partial charge in [-0.05, 0) is 54.7 Å². The molecule has 0 spiro atoms. The van der Waals surface area contributed by atoms with E-state index >= 15 is 0 Å². The summed E-state index contributed by atoms with van der Waals surface area (Å²) in [7, 11) is 0. The predicted octanol–water partition coefficient (Wildman–Crippen LogP) is 5.61. The largest absolute Gasteiger partial charge is 0.344 e. The molecule has 0 unspecified atom stereocenters. The Morgan fingerprint density at radius 2 is 1.80 bits per heavy atom. The topological polar surface area (TPSA) is 59.1 Å². The van der Waals surface area contributed by atoms with E-state index in [-0.39, 0.29) is 17.9 Å². The Hall–Kier alpha value is -2.49. The second kappa shape index (κ2) is 10.5. The second-order valence-corrected chi connectivity index (χ2v) is 9.09. The number of rotatable bonds is 8. The van der Waals surface area contributed by atoms with Crippen LogP contribution in [0.3, 0.4) is 0 Å². The first-order valence-corrected chi connectivity index (χ1v) is 11.2. The number of amides is 1. The number of Topliss-reactive ketones (excluding diaryl/α,β-unsaturated/α-hetero) is 1. The zero-order chi connectivity index (χ0) is 21.5. The standard InChI is InChI=1S/C26H34N2O2/c1-18(2)21-13-12-19(3)17-22(21)25(29)15-14-23(20-9-5-4-6-10-20)28-26(30)24-11-7-8-16-27-24/h4-11,16,18-19,21-23H,12-15,17H2,1-3H3,(H,28,30)/t19-,21+,22-,23-/m1/s1. The van der Waals surface area contributed by atoms with Crippen LogP contribution in [-0.4, -0.2) is 16.7 Å². The highest BCUT2D eigenvalue weighted by Gasteiger charge is 2.35. The fourth-order valence-corrected chi connectivity index (χ4v) is 4.78. The van der Waals surface area contributed by atoms with Gasteiger partial charge in [0.2, 0.25) is 0 Å². The number of carbonyl (C=O) groups is 2. The Kier molecular flexibility index (Phi) is 7.78. The third-order valence-corrected chi connectivity index (χ3v) is 6.52. The van der Waals surface area contributed by atoms with Crippen LogP contribution in [0.5, 0.6) is 0 Å². The van der Waals surface area contributed by atoms with Crippen LogP contribution in [0.25, 0.3) is 0 Å². The van der Waals surface area contributed by atoms with E-state index in [1.807, 2.05) is 30.3 Å². The number of hydrogen-bond acceptors (Lipinski definition) is 3. The summed E-state index contributed by atoms with van der Waals surface area (Å²) in [5, 5.41) is 3.10. The molecule has 0 saturated heterocycles. The molecule has 4 heteroatoms. The monoisotopic (exact) mass is 406 g/mol. The van der Waals surface area contributed by atoms with Crippen LogP contribution in [0.2, 0.25) is 0 Å². The lowest BCUT2D eigenvalue weighted by molar-refractivity contribution is -0.127. The number of hydrogen-bond donors (Lipinski definition) is 1. The molecule has 0 radical (unpaired) electrons. The van der Waals surface area contributed by atoms with Gasteiger partial charge >= 0.3 is 0 Å². The van der Waals surface area contributed by atoms with Crippen molar-refractivity contribution in [2.24, 2.45) is 23.7 Å². The molecule has 4 nitrogen and oxygen atoms in total. The van der Waals surface area contributed by atoms with Gasteiger partial charge < -0.3 is 5.32 Å². The van der Waals surface area contributed by atoms with Crippen LogP contribution < -0.4 is 5.32 Å². The number of carbonyl (C=O) groups excluding carboxylic acids is 2.